The third kappa shape index (κ3) is 18.8. The zero-order chi connectivity index (χ0) is 29.3. The maximum Gasteiger partial charge on any atom is 0.335 e. The van der Waals surface area contributed by atoms with Gasteiger partial charge in [0.2, 0.25) is 0 Å². The number of nitrogens with two attached hydrogens (primary N) is 3. The van der Waals surface area contributed by atoms with Gasteiger partial charge in [0.1, 0.15) is 18.1 Å². The Bertz CT molecular complexity index is 1030. The average molecular weight is 540 g/mol. The summed E-state index contributed by atoms with van der Waals surface area (Å²) in [4.78, 5) is 30.5. The predicted molar refractivity (Wildman–Crippen MR) is 154 cm³/mol. The van der Waals surface area contributed by atoms with Gasteiger partial charge in [0, 0.05) is 5.56 Å². The maximum absolute atomic E-state index is 10.3. The van der Waals surface area contributed by atoms with Gasteiger partial charge in [-0.15, -0.1) is 0 Å². The molecule has 0 amide bonds. The van der Waals surface area contributed by atoms with Gasteiger partial charge in [-0.3, -0.25) is 9.59 Å². The summed E-state index contributed by atoms with van der Waals surface area (Å²) in [6.45, 7) is 4.02. The summed E-state index contributed by atoms with van der Waals surface area (Å²) in [5, 5.41) is 16.6. The Balaban J connectivity index is 0.000000498. The van der Waals surface area contributed by atoms with Gasteiger partial charge in [0.05, 0.1) is 12.2 Å². The molecule has 9 heteroatoms. The highest BCUT2D eigenvalue weighted by atomic mass is 16.5. The topological polar surface area (TPSA) is 179 Å². The van der Waals surface area contributed by atoms with Crippen LogP contribution in [-0.2, 0) is 11.2 Å². The first-order valence-corrected chi connectivity index (χ1v) is 12.7. The molecule has 3 aromatic rings. The van der Waals surface area contributed by atoms with Crippen molar-refractivity contribution in [3.8, 4) is 5.75 Å². The molecule has 0 radical (unpaired) electrons. The average Bonchev–Trinajstić information content (AvgIpc) is 2.97. The lowest BCUT2D eigenvalue weighted by molar-refractivity contribution is -0.138. The van der Waals surface area contributed by atoms with Crippen LogP contribution in [0.1, 0.15) is 52.5 Å². The quantitative estimate of drug-likeness (QED) is 0.225. The molecule has 0 saturated heterocycles. The number of carboxylic acids is 2. The zero-order valence-corrected chi connectivity index (χ0v) is 22.4. The summed E-state index contributed by atoms with van der Waals surface area (Å²) < 4.78 is 5.34. The fourth-order valence-electron chi connectivity index (χ4n) is 2.72. The van der Waals surface area contributed by atoms with Crippen LogP contribution in [-0.4, -0.2) is 54.2 Å². The molecule has 212 valence electrons. The normalized spacial score (nSPS) is 10.2. The van der Waals surface area contributed by atoms with Gasteiger partial charge >= 0.3 is 11.9 Å². The summed E-state index contributed by atoms with van der Waals surface area (Å²) in [5.74, 6) is -1.01. The highest BCUT2D eigenvalue weighted by Crippen LogP contribution is 2.10. The van der Waals surface area contributed by atoms with E-state index in [1.54, 1.807) is 54.6 Å². The number of aldehydes is 1. The molecule has 0 saturated carbocycles. The number of carbonyl (C=O) groups is 3. The molecule has 0 aliphatic rings. The van der Waals surface area contributed by atoms with Crippen LogP contribution in [0.15, 0.2) is 84.9 Å². The number of hydrogen-bond donors (Lipinski definition) is 5. The van der Waals surface area contributed by atoms with E-state index in [1.807, 2.05) is 18.2 Å². The molecule has 39 heavy (non-hydrogen) atoms. The molecule has 0 heterocycles. The van der Waals surface area contributed by atoms with Crippen LogP contribution in [0.25, 0.3) is 0 Å². The summed E-state index contributed by atoms with van der Waals surface area (Å²) >= 11 is 0. The van der Waals surface area contributed by atoms with Crippen molar-refractivity contribution in [3.63, 3.8) is 0 Å². The molecule has 0 aliphatic carbocycles. The maximum atomic E-state index is 10.3. The summed E-state index contributed by atoms with van der Waals surface area (Å²) in [6.07, 6.45) is 3.94. The highest BCUT2D eigenvalue weighted by Gasteiger charge is 2.08. The first-order valence-electron chi connectivity index (χ1n) is 12.7. The lowest BCUT2D eigenvalue weighted by atomic mass is 10.2. The van der Waals surface area contributed by atoms with E-state index >= 15 is 0 Å². The Morgan fingerprint density at radius 2 is 1.44 bits per heavy atom. The Kier molecular flexibility index (Phi) is 20.7. The van der Waals surface area contributed by atoms with Crippen LogP contribution in [0.3, 0.4) is 0 Å². The van der Waals surface area contributed by atoms with E-state index in [0.29, 0.717) is 30.5 Å². The molecular formula is C30H41N3O6. The van der Waals surface area contributed by atoms with E-state index in [-0.39, 0.29) is 0 Å². The van der Waals surface area contributed by atoms with Crippen molar-refractivity contribution in [2.75, 3.05) is 19.7 Å². The van der Waals surface area contributed by atoms with E-state index in [1.165, 1.54) is 5.56 Å². The van der Waals surface area contributed by atoms with E-state index in [9.17, 15) is 14.4 Å². The second kappa shape index (κ2) is 23.1. The number of benzene rings is 3. The first-order chi connectivity index (χ1) is 18.8. The minimum Gasteiger partial charge on any atom is -0.494 e. The Labute approximate surface area is 230 Å². The van der Waals surface area contributed by atoms with E-state index in [0.717, 1.165) is 38.0 Å². The first kappa shape index (κ1) is 35.0. The van der Waals surface area contributed by atoms with E-state index in [2.05, 4.69) is 19.1 Å². The van der Waals surface area contributed by atoms with E-state index < -0.39 is 18.0 Å². The number of ether oxygens (including phenoxy) is 1. The van der Waals surface area contributed by atoms with Gasteiger partial charge in [-0.05, 0) is 80.7 Å². The molecular weight excluding hydrogens is 498 g/mol. The monoisotopic (exact) mass is 539 g/mol. The van der Waals surface area contributed by atoms with Crippen molar-refractivity contribution in [2.45, 2.75) is 38.6 Å². The van der Waals surface area contributed by atoms with Crippen molar-refractivity contribution in [1.82, 2.24) is 0 Å². The summed E-state index contributed by atoms with van der Waals surface area (Å²) in [7, 11) is 0. The summed E-state index contributed by atoms with van der Waals surface area (Å²) in [5.41, 5.74) is 18.0. The highest BCUT2D eigenvalue weighted by molar-refractivity contribution is 5.87. The molecule has 1 atom stereocenters. The minimum absolute atomic E-state index is 0.331. The van der Waals surface area contributed by atoms with E-state index in [4.69, 9.17) is 32.2 Å². The molecule has 8 N–H and O–H groups in total. The minimum atomic E-state index is -0.955. The number of aromatic carboxylic acids is 1. The van der Waals surface area contributed by atoms with Gasteiger partial charge < -0.3 is 32.2 Å². The molecule has 0 aliphatic heterocycles. The number of carbonyl (C=O) groups excluding carboxylic acids is 1. The van der Waals surface area contributed by atoms with Gasteiger partial charge in [0.25, 0.3) is 0 Å². The SMILES string of the molecule is CCCOc1ccc(C=O)cc1.NCCC[C@H](N)C(=O)O.NCCc1ccccc1.O=C(O)c1ccccc1. The molecule has 0 fully saturated rings. The van der Waals surface area contributed by atoms with Gasteiger partial charge in [-0.1, -0.05) is 55.5 Å². The number of hydrogen-bond acceptors (Lipinski definition) is 7. The fourth-order valence-corrected chi connectivity index (χ4v) is 2.72. The fraction of sp³-hybridized carbons (Fsp3) is 0.300. The van der Waals surface area contributed by atoms with Crippen LogP contribution in [0.4, 0.5) is 0 Å². The molecule has 0 unspecified atom stereocenters. The zero-order valence-electron chi connectivity index (χ0n) is 22.4. The summed E-state index contributed by atoms with van der Waals surface area (Å²) in [6, 6.07) is 24.9. The Hall–Kier alpha value is -4.05. The number of carboxylic acid groups (broad SMARTS) is 2. The molecule has 3 rings (SSSR count). The lowest BCUT2D eigenvalue weighted by Crippen LogP contribution is -2.30. The lowest BCUT2D eigenvalue weighted by Gasteiger charge is -2.02. The van der Waals surface area contributed by atoms with Crippen LogP contribution in [0.5, 0.6) is 5.75 Å². The second-order valence-corrected chi connectivity index (χ2v) is 8.11. The Morgan fingerprint density at radius 1 is 0.872 bits per heavy atom. The van der Waals surface area contributed by atoms with Crippen molar-refractivity contribution >= 4 is 18.2 Å². The van der Waals surface area contributed by atoms with Gasteiger partial charge in [0.15, 0.2) is 0 Å². The third-order valence-electron chi connectivity index (χ3n) is 4.82. The van der Waals surface area contributed by atoms with Crippen LogP contribution in [0.2, 0.25) is 0 Å². The molecule has 0 aromatic heterocycles. The van der Waals surface area contributed by atoms with Crippen LogP contribution < -0.4 is 21.9 Å². The third-order valence-corrected chi connectivity index (χ3v) is 4.82. The molecule has 3 aromatic carbocycles. The standard InChI is InChI=1S/C10H12O2.C8H11N.C7H6O2.C5H12N2O2/c1-2-7-12-10-5-3-9(8-11)4-6-10;9-7-6-8-4-2-1-3-5-8;8-7(9)6-4-2-1-3-5-6;6-3-1-2-4(7)5(8)9/h3-6,8H,2,7H2,1H3;1-5H,6-7,9H2;1-5H,(H,8,9);4H,1-3,6-7H2,(H,8,9)/t;;;4-/m...0/s1. The van der Waals surface area contributed by atoms with Crippen molar-refractivity contribution < 1.29 is 29.3 Å². The molecule has 0 spiro atoms. The second-order valence-electron chi connectivity index (χ2n) is 8.11. The predicted octanol–water partition coefficient (Wildman–Crippen LogP) is 4.00. The molecule has 0 bridgehead atoms. The number of aliphatic carboxylic acids is 1. The van der Waals surface area contributed by atoms with Crippen molar-refractivity contribution in [3.05, 3.63) is 102 Å². The van der Waals surface area contributed by atoms with Crippen molar-refractivity contribution in [1.29, 1.82) is 0 Å². The smallest absolute Gasteiger partial charge is 0.335 e. The Morgan fingerprint density at radius 3 is 1.85 bits per heavy atom. The van der Waals surface area contributed by atoms with Gasteiger partial charge in [-0.2, -0.15) is 0 Å². The van der Waals surface area contributed by atoms with Gasteiger partial charge in [-0.25, -0.2) is 4.79 Å². The van der Waals surface area contributed by atoms with Crippen molar-refractivity contribution in [2.24, 2.45) is 17.2 Å². The van der Waals surface area contributed by atoms with Crippen LogP contribution >= 0.6 is 0 Å². The number of rotatable bonds is 11. The van der Waals surface area contributed by atoms with Crippen LogP contribution in [0, 0.1) is 0 Å². The molecule has 9 nitrogen and oxygen atoms in total. The largest absolute Gasteiger partial charge is 0.494 e.